The molecular weight excluding hydrogens is 336 g/mol. The molecule has 2 amide bonds. The van der Waals surface area contributed by atoms with Gasteiger partial charge in [-0.25, -0.2) is 0 Å². The van der Waals surface area contributed by atoms with Crippen molar-refractivity contribution in [2.45, 2.75) is 26.3 Å². The third kappa shape index (κ3) is 3.39. The van der Waals surface area contributed by atoms with Crippen LogP contribution < -0.4 is 0 Å². The van der Waals surface area contributed by atoms with Crippen LogP contribution in [-0.4, -0.2) is 34.7 Å². The summed E-state index contributed by atoms with van der Waals surface area (Å²) < 4.78 is 0. The number of imide groups is 1. The molecule has 2 aromatic carbocycles. The van der Waals surface area contributed by atoms with Gasteiger partial charge in [-0.05, 0) is 29.9 Å². The summed E-state index contributed by atoms with van der Waals surface area (Å²) in [6, 6.07) is 19.3. The average molecular weight is 360 g/mol. The summed E-state index contributed by atoms with van der Waals surface area (Å²) in [6.45, 7) is 4.20. The maximum absolute atomic E-state index is 13.3. The number of hydrogen-bond acceptors (Lipinski definition) is 3. The molecule has 1 fully saturated rings. The highest BCUT2D eigenvalue weighted by molar-refractivity contribution is 6.35. The van der Waals surface area contributed by atoms with E-state index in [0.717, 1.165) is 37.1 Å². The summed E-state index contributed by atoms with van der Waals surface area (Å²) in [6.07, 6.45) is 2.09. The molecule has 0 unspecified atom stereocenters. The van der Waals surface area contributed by atoms with Crippen molar-refractivity contribution < 1.29 is 9.59 Å². The molecule has 1 saturated heterocycles. The standard InChI is InChI=1S/C23H24N2O2/c1-17-12-14-24(15-13-17)21-20(19-10-6-3-7-11-19)22(26)25(23(21)27)16-18-8-4-2-5-9-18/h2-11,17H,12-16H2,1H3. The van der Waals surface area contributed by atoms with Crippen molar-refractivity contribution >= 4 is 17.4 Å². The second-order valence-corrected chi connectivity index (χ2v) is 7.44. The zero-order chi connectivity index (χ0) is 18.8. The van der Waals surface area contributed by atoms with Gasteiger partial charge < -0.3 is 4.90 Å². The largest absolute Gasteiger partial charge is 0.366 e. The van der Waals surface area contributed by atoms with E-state index in [1.165, 1.54) is 4.90 Å². The highest BCUT2D eigenvalue weighted by atomic mass is 16.2. The number of carbonyl (C=O) groups excluding carboxylic acids is 2. The van der Waals surface area contributed by atoms with Crippen LogP contribution in [0.25, 0.3) is 5.57 Å². The number of nitrogens with zero attached hydrogens (tertiary/aromatic N) is 2. The lowest BCUT2D eigenvalue weighted by molar-refractivity contribution is -0.138. The quantitative estimate of drug-likeness (QED) is 0.781. The molecule has 0 saturated carbocycles. The number of likely N-dealkylation sites (tertiary alicyclic amines) is 1. The van der Waals surface area contributed by atoms with Gasteiger partial charge in [0.1, 0.15) is 5.70 Å². The summed E-state index contributed by atoms with van der Waals surface area (Å²) >= 11 is 0. The predicted molar refractivity (Wildman–Crippen MR) is 105 cm³/mol. The van der Waals surface area contributed by atoms with E-state index in [1.54, 1.807) is 0 Å². The van der Waals surface area contributed by atoms with Gasteiger partial charge in [0.15, 0.2) is 0 Å². The smallest absolute Gasteiger partial charge is 0.278 e. The molecule has 2 aliphatic heterocycles. The van der Waals surface area contributed by atoms with Crippen LogP contribution in [0.5, 0.6) is 0 Å². The minimum absolute atomic E-state index is 0.169. The van der Waals surface area contributed by atoms with Gasteiger partial charge in [0.05, 0.1) is 12.1 Å². The van der Waals surface area contributed by atoms with E-state index in [-0.39, 0.29) is 11.8 Å². The Labute approximate surface area is 160 Å². The van der Waals surface area contributed by atoms with Crippen molar-refractivity contribution in [3.8, 4) is 0 Å². The van der Waals surface area contributed by atoms with Crippen molar-refractivity contribution in [1.82, 2.24) is 9.80 Å². The van der Waals surface area contributed by atoms with E-state index >= 15 is 0 Å². The van der Waals surface area contributed by atoms with E-state index < -0.39 is 0 Å². The maximum atomic E-state index is 13.3. The van der Waals surface area contributed by atoms with Gasteiger partial charge in [-0.1, -0.05) is 67.6 Å². The van der Waals surface area contributed by atoms with Gasteiger partial charge in [0, 0.05) is 13.1 Å². The normalized spacial score (nSPS) is 18.6. The number of piperidine rings is 1. The van der Waals surface area contributed by atoms with Crippen molar-refractivity contribution in [2.75, 3.05) is 13.1 Å². The summed E-state index contributed by atoms with van der Waals surface area (Å²) in [7, 11) is 0. The minimum atomic E-state index is -0.191. The number of amides is 2. The summed E-state index contributed by atoms with van der Waals surface area (Å²) in [5.74, 6) is 0.301. The third-order valence-corrected chi connectivity index (χ3v) is 5.49. The molecule has 4 heteroatoms. The van der Waals surface area contributed by atoms with Gasteiger partial charge in [0.25, 0.3) is 11.8 Å². The Morgan fingerprint density at radius 3 is 2.07 bits per heavy atom. The first-order valence-electron chi connectivity index (χ1n) is 9.60. The van der Waals surface area contributed by atoms with Gasteiger partial charge in [-0.2, -0.15) is 0 Å². The topological polar surface area (TPSA) is 40.6 Å². The number of rotatable bonds is 4. The third-order valence-electron chi connectivity index (χ3n) is 5.49. The van der Waals surface area contributed by atoms with Crippen LogP contribution in [0.15, 0.2) is 66.4 Å². The van der Waals surface area contributed by atoms with Gasteiger partial charge >= 0.3 is 0 Å². The fourth-order valence-electron chi connectivity index (χ4n) is 3.86. The predicted octanol–water partition coefficient (Wildman–Crippen LogP) is 3.70. The van der Waals surface area contributed by atoms with Crippen molar-refractivity contribution in [1.29, 1.82) is 0 Å². The van der Waals surface area contributed by atoms with Crippen LogP contribution >= 0.6 is 0 Å². The lowest BCUT2D eigenvalue weighted by atomic mass is 9.97. The molecule has 0 radical (unpaired) electrons. The lowest BCUT2D eigenvalue weighted by Gasteiger charge is -2.32. The minimum Gasteiger partial charge on any atom is -0.366 e. The number of hydrogen-bond donors (Lipinski definition) is 0. The van der Waals surface area contributed by atoms with E-state index in [4.69, 9.17) is 0 Å². The zero-order valence-corrected chi connectivity index (χ0v) is 15.6. The van der Waals surface area contributed by atoms with Crippen molar-refractivity contribution in [2.24, 2.45) is 5.92 Å². The van der Waals surface area contributed by atoms with Crippen LogP contribution in [0.2, 0.25) is 0 Å². The number of benzene rings is 2. The van der Waals surface area contributed by atoms with Gasteiger partial charge in [-0.15, -0.1) is 0 Å². The summed E-state index contributed by atoms with van der Waals surface area (Å²) in [4.78, 5) is 30.1. The zero-order valence-electron chi connectivity index (χ0n) is 15.6. The van der Waals surface area contributed by atoms with E-state index in [0.29, 0.717) is 23.7 Å². The first-order chi connectivity index (χ1) is 13.1. The van der Waals surface area contributed by atoms with E-state index in [1.807, 2.05) is 60.7 Å². The van der Waals surface area contributed by atoms with Crippen LogP contribution in [0.4, 0.5) is 0 Å². The molecule has 0 N–H and O–H groups in total. The number of carbonyl (C=O) groups is 2. The van der Waals surface area contributed by atoms with E-state index in [2.05, 4.69) is 11.8 Å². The molecule has 2 aromatic rings. The molecular formula is C23H24N2O2. The fourth-order valence-corrected chi connectivity index (χ4v) is 3.86. The molecule has 2 heterocycles. The molecule has 0 aromatic heterocycles. The van der Waals surface area contributed by atoms with Gasteiger partial charge in [0.2, 0.25) is 0 Å². The molecule has 0 atom stereocenters. The second-order valence-electron chi connectivity index (χ2n) is 7.44. The Kier molecular flexibility index (Phi) is 4.80. The molecule has 27 heavy (non-hydrogen) atoms. The Morgan fingerprint density at radius 1 is 0.852 bits per heavy atom. The maximum Gasteiger partial charge on any atom is 0.278 e. The SMILES string of the molecule is CC1CCN(C2=C(c3ccccc3)C(=O)N(Cc3ccccc3)C2=O)CC1. The Morgan fingerprint density at radius 2 is 1.44 bits per heavy atom. The average Bonchev–Trinajstić information content (AvgIpc) is 2.95. The van der Waals surface area contributed by atoms with Crippen molar-refractivity contribution in [3.63, 3.8) is 0 Å². The highest BCUT2D eigenvalue weighted by Gasteiger charge is 2.41. The molecule has 138 valence electrons. The molecule has 4 nitrogen and oxygen atoms in total. The highest BCUT2D eigenvalue weighted by Crippen LogP contribution is 2.34. The lowest BCUT2D eigenvalue weighted by Crippen LogP contribution is -2.38. The second kappa shape index (κ2) is 7.39. The fraction of sp³-hybridized carbons (Fsp3) is 0.304. The van der Waals surface area contributed by atoms with Crippen LogP contribution in [-0.2, 0) is 16.1 Å². The molecule has 4 rings (SSSR count). The van der Waals surface area contributed by atoms with Gasteiger partial charge in [-0.3, -0.25) is 14.5 Å². The Hall–Kier alpha value is -2.88. The van der Waals surface area contributed by atoms with E-state index in [9.17, 15) is 9.59 Å². The molecule has 0 aliphatic carbocycles. The summed E-state index contributed by atoms with van der Waals surface area (Å²) in [5.41, 5.74) is 2.90. The Balaban J connectivity index is 1.71. The monoisotopic (exact) mass is 360 g/mol. The van der Waals surface area contributed by atoms with Crippen LogP contribution in [0, 0.1) is 5.92 Å². The molecule has 0 bridgehead atoms. The van der Waals surface area contributed by atoms with Crippen molar-refractivity contribution in [3.05, 3.63) is 77.5 Å². The Bertz CT molecular complexity index is 866. The first-order valence-corrected chi connectivity index (χ1v) is 9.60. The van der Waals surface area contributed by atoms with Crippen LogP contribution in [0.3, 0.4) is 0 Å². The molecule has 2 aliphatic rings. The first kappa shape index (κ1) is 17.5. The summed E-state index contributed by atoms with van der Waals surface area (Å²) in [5, 5.41) is 0. The molecule has 0 spiro atoms. The van der Waals surface area contributed by atoms with Crippen LogP contribution in [0.1, 0.15) is 30.9 Å².